The maximum absolute atomic E-state index is 12.8. The van der Waals surface area contributed by atoms with Gasteiger partial charge in [-0.25, -0.2) is 4.98 Å². The predicted octanol–water partition coefficient (Wildman–Crippen LogP) is 3.02. The summed E-state index contributed by atoms with van der Waals surface area (Å²) in [5.74, 6) is 0.540. The molecular weight excluding hydrogens is 312 g/mol. The van der Waals surface area contributed by atoms with Crippen LogP contribution in [0.4, 0.5) is 5.95 Å². The number of aromatic nitrogens is 2. The Labute approximate surface area is 139 Å². The van der Waals surface area contributed by atoms with Crippen LogP contribution >= 0.6 is 11.3 Å². The standard InChI is InChI=1S/C16H22N4O2S/c1-2-3-4-10-5-7-20(8-6-10)15(22)11-9-23-13-12(11)18-16(17)19-14(13)21/h9-10H,2-8H2,1H3,(H3,17,18,19,21). The van der Waals surface area contributed by atoms with Crippen LogP contribution in [-0.4, -0.2) is 39.0 Å². The molecule has 1 amide bonds. The van der Waals surface area contributed by atoms with Crippen LogP contribution in [0.15, 0.2) is 5.38 Å². The van der Waals surface area contributed by atoms with Crippen LogP contribution in [0.25, 0.3) is 10.2 Å². The Morgan fingerprint density at radius 2 is 2.17 bits per heavy atom. The smallest absolute Gasteiger partial charge is 0.256 e. The summed E-state index contributed by atoms with van der Waals surface area (Å²) in [5, 5.41) is 11.6. The number of carbonyl (C=O) groups is 1. The number of unbranched alkanes of at least 4 members (excludes halogenated alkanes) is 1. The Bertz CT molecular complexity index is 707. The van der Waals surface area contributed by atoms with Crippen LogP contribution in [0.3, 0.4) is 0 Å². The van der Waals surface area contributed by atoms with Crippen LogP contribution in [0.1, 0.15) is 49.4 Å². The van der Waals surface area contributed by atoms with Crippen LogP contribution in [0.2, 0.25) is 0 Å². The lowest BCUT2D eigenvalue weighted by Gasteiger charge is -2.32. The molecule has 0 spiro atoms. The molecule has 0 saturated carbocycles. The lowest BCUT2D eigenvalue weighted by molar-refractivity contribution is 0.0688. The Balaban J connectivity index is 1.74. The van der Waals surface area contributed by atoms with E-state index in [0.29, 0.717) is 15.8 Å². The lowest BCUT2D eigenvalue weighted by atomic mass is 9.91. The van der Waals surface area contributed by atoms with Gasteiger partial charge in [0.1, 0.15) is 10.2 Å². The zero-order valence-corrected chi connectivity index (χ0v) is 14.1. The number of fused-ring (bicyclic) bond motifs is 1. The number of nitrogens with zero attached hydrogens (tertiary/aromatic N) is 3. The van der Waals surface area contributed by atoms with Crippen LogP contribution in [0.5, 0.6) is 5.88 Å². The fraction of sp³-hybridized carbons (Fsp3) is 0.562. The number of nitrogen functional groups attached to an aromatic ring is 1. The summed E-state index contributed by atoms with van der Waals surface area (Å²) < 4.78 is 0.514. The van der Waals surface area contributed by atoms with Crippen LogP contribution in [0, 0.1) is 5.92 Å². The summed E-state index contributed by atoms with van der Waals surface area (Å²) in [6.07, 6.45) is 5.89. The van der Waals surface area contributed by atoms with Gasteiger partial charge in [-0.15, -0.1) is 11.3 Å². The first-order chi connectivity index (χ1) is 11.1. The van der Waals surface area contributed by atoms with Gasteiger partial charge in [0, 0.05) is 18.5 Å². The second-order valence-corrected chi connectivity index (χ2v) is 6.99. The van der Waals surface area contributed by atoms with E-state index >= 15 is 0 Å². The van der Waals surface area contributed by atoms with E-state index < -0.39 is 0 Å². The number of aromatic hydroxyl groups is 1. The third-order valence-electron chi connectivity index (χ3n) is 4.51. The van der Waals surface area contributed by atoms with E-state index in [4.69, 9.17) is 5.73 Å². The van der Waals surface area contributed by atoms with Gasteiger partial charge in [0.15, 0.2) is 0 Å². The first-order valence-electron chi connectivity index (χ1n) is 8.13. The number of hydrogen-bond acceptors (Lipinski definition) is 6. The molecule has 3 heterocycles. The molecule has 0 aliphatic carbocycles. The van der Waals surface area contributed by atoms with Crippen molar-refractivity contribution in [2.24, 2.45) is 5.92 Å². The summed E-state index contributed by atoms with van der Waals surface area (Å²) in [6.45, 7) is 3.79. The molecule has 124 valence electrons. The maximum Gasteiger partial charge on any atom is 0.256 e. The molecule has 3 rings (SSSR count). The van der Waals surface area contributed by atoms with E-state index in [1.54, 1.807) is 5.38 Å². The predicted molar refractivity (Wildman–Crippen MR) is 91.6 cm³/mol. The fourth-order valence-electron chi connectivity index (χ4n) is 3.16. The highest BCUT2D eigenvalue weighted by molar-refractivity contribution is 7.17. The molecule has 1 aliphatic heterocycles. The van der Waals surface area contributed by atoms with Crippen molar-refractivity contribution in [3.8, 4) is 5.88 Å². The summed E-state index contributed by atoms with van der Waals surface area (Å²) in [7, 11) is 0. The molecule has 3 N–H and O–H groups in total. The first-order valence-corrected chi connectivity index (χ1v) is 9.01. The summed E-state index contributed by atoms with van der Waals surface area (Å²) in [4.78, 5) is 22.5. The van der Waals surface area contributed by atoms with Gasteiger partial charge < -0.3 is 15.7 Å². The Morgan fingerprint density at radius 3 is 2.87 bits per heavy atom. The molecule has 0 aromatic carbocycles. The minimum Gasteiger partial charge on any atom is -0.492 e. The van der Waals surface area contributed by atoms with Crippen molar-refractivity contribution in [2.75, 3.05) is 18.8 Å². The zero-order chi connectivity index (χ0) is 16.4. The Kier molecular flexibility index (Phi) is 4.66. The molecule has 0 radical (unpaired) electrons. The van der Waals surface area contributed by atoms with E-state index in [2.05, 4.69) is 16.9 Å². The van der Waals surface area contributed by atoms with Crippen molar-refractivity contribution in [3.05, 3.63) is 10.9 Å². The van der Waals surface area contributed by atoms with Crippen molar-refractivity contribution in [3.63, 3.8) is 0 Å². The van der Waals surface area contributed by atoms with Gasteiger partial charge in [-0.05, 0) is 18.8 Å². The second-order valence-electron chi connectivity index (χ2n) is 6.11. The second kappa shape index (κ2) is 6.70. The molecule has 1 saturated heterocycles. The number of amides is 1. The van der Waals surface area contributed by atoms with Crippen molar-refractivity contribution in [1.82, 2.24) is 14.9 Å². The highest BCUT2D eigenvalue weighted by atomic mass is 32.1. The molecular formula is C16H22N4O2S. The molecule has 2 aromatic rings. The number of hydrogen-bond donors (Lipinski definition) is 2. The average Bonchev–Trinajstić information content (AvgIpc) is 2.96. The number of rotatable bonds is 4. The molecule has 1 aliphatic rings. The van der Waals surface area contributed by atoms with Gasteiger partial charge in [-0.3, -0.25) is 4.79 Å². The third-order valence-corrected chi connectivity index (χ3v) is 5.48. The molecule has 7 heteroatoms. The van der Waals surface area contributed by atoms with E-state index in [1.165, 1.54) is 30.6 Å². The van der Waals surface area contributed by atoms with Crippen molar-refractivity contribution < 1.29 is 9.90 Å². The Morgan fingerprint density at radius 1 is 1.43 bits per heavy atom. The fourth-order valence-corrected chi connectivity index (χ4v) is 4.03. The quantitative estimate of drug-likeness (QED) is 0.896. The van der Waals surface area contributed by atoms with E-state index in [0.717, 1.165) is 31.8 Å². The molecule has 0 atom stereocenters. The SMILES string of the molecule is CCCCC1CCN(C(=O)c2csc3c(O)nc(N)nc23)CC1. The molecule has 23 heavy (non-hydrogen) atoms. The van der Waals surface area contributed by atoms with Crippen molar-refractivity contribution in [2.45, 2.75) is 39.0 Å². The average molecular weight is 334 g/mol. The summed E-state index contributed by atoms with van der Waals surface area (Å²) in [6, 6.07) is 0. The number of thiophene rings is 1. The van der Waals surface area contributed by atoms with Gasteiger partial charge in [0.05, 0.1) is 5.56 Å². The lowest BCUT2D eigenvalue weighted by Crippen LogP contribution is -2.38. The molecule has 6 nitrogen and oxygen atoms in total. The molecule has 2 aromatic heterocycles. The minimum absolute atomic E-state index is 0.0132. The Hall–Kier alpha value is -1.89. The van der Waals surface area contributed by atoms with E-state index in [-0.39, 0.29) is 17.7 Å². The van der Waals surface area contributed by atoms with Gasteiger partial charge >= 0.3 is 0 Å². The molecule has 0 unspecified atom stereocenters. The molecule has 0 bridgehead atoms. The third kappa shape index (κ3) is 3.24. The molecule has 1 fully saturated rings. The van der Waals surface area contributed by atoms with Gasteiger partial charge in [-0.1, -0.05) is 26.2 Å². The highest BCUT2D eigenvalue weighted by Gasteiger charge is 2.26. The van der Waals surface area contributed by atoms with Crippen LogP contribution in [-0.2, 0) is 0 Å². The zero-order valence-electron chi connectivity index (χ0n) is 13.3. The number of likely N-dealkylation sites (tertiary alicyclic amines) is 1. The minimum atomic E-state index is -0.158. The summed E-state index contributed by atoms with van der Waals surface area (Å²) in [5.41, 5.74) is 6.57. The van der Waals surface area contributed by atoms with Crippen LogP contribution < -0.4 is 5.73 Å². The van der Waals surface area contributed by atoms with Crippen molar-refractivity contribution >= 4 is 33.4 Å². The van der Waals surface area contributed by atoms with Gasteiger partial charge in [0.25, 0.3) is 5.91 Å². The normalized spacial score (nSPS) is 16.1. The topological polar surface area (TPSA) is 92.3 Å². The van der Waals surface area contributed by atoms with E-state index in [9.17, 15) is 9.90 Å². The number of piperidine rings is 1. The largest absolute Gasteiger partial charge is 0.492 e. The van der Waals surface area contributed by atoms with E-state index in [1.807, 2.05) is 4.90 Å². The number of anilines is 1. The maximum atomic E-state index is 12.8. The van der Waals surface area contributed by atoms with Crippen molar-refractivity contribution in [1.29, 1.82) is 0 Å². The number of nitrogens with two attached hydrogens (primary N) is 1. The van der Waals surface area contributed by atoms with Gasteiger partial charge in [0.2, 0.25) is 11.8 Å². The first kappa shape index (κ1) is 16.0. The summed E-state index contributed by atoms with van der Waals surface area (Å²) >= 11 is 1.28. The highest BCUT2D eigenvalue weighted by Crippen LogP contribution is 2.32. The number of carbonyl (C=O) groups excluding carboxylic acids is 1. The van der Waals surface area contributed by atoms with Gasteiger partial charge in [-0.2, -0.15) is 4.98 Å². The monoisotopic (exact) mass is 334 g/mol.